The predicted molar refractivity (Wildman–Crippen MR) is 100 cm³/mol. The molecular weight excluding hydrogens is 402 g/mol. The summed E-state index contributed by atoms with van der Waals surface area (Å²) in [6.07, 6.45) is 15.5. The quantitative estimate of drug-likeness (QED) is 0.449. The summed E-state index contributed by atoms with van der Waals surface area (Å²) in [6, 6.07) is 0. The molecule has 23 heavy (non-hydrogen) atoms. The van der Waals surface area contributed by atoms with Crippen LogP contribution in [0.25, 0.3) is 0 Å². The SMILES string of the molecule is CC1CC2=C(C1)[C](C)([Zr][C]1(C)C=CC3=C1CC(C)C3)C=C2.Cl.Cl. The number of hydrogen-bond donors (Lipinski definition) is 0. The van der Waals surface area contributed by atoms with E-state index >= 15 is 0 Å². The zero-order valence-electron chi connectivity index (χ0n) is 14.6. The fourth-order valence-corrected chi connectivity index (χ4v) is 10.5. The van der Waals surface area contributed by atoms with Crippen LogP contribution in [-0.2, 0) is 23.2 Å². The van der Waals surface area contributed by atoms with Crippen molar-refractivity contribution in [1.29, 1.82) is 0 Å². The van der Waals surface area contributed by atoms with Crippen LogP contribution in [0, 0.1) is 11.8 Å². The molecule has 0 aromatic heterocycles. The first kappa shape index (κ1) is 19.7. The van der Waals surface area contributed by atoms with Crippen molar-refractivity contribution >= 4 is 24.8 Å². The molecule has 0 saturated heterocycles. The van der Waals surface area contributed by atoms with E-state index in [1.165, 1.54) is 25.7 Å². The molecule has 4 aliphatic carbocycles. The van der Waals surface area contributed by atoms with Gasteiger partial charge in [-0.2, -0.15) is 0 Å². The van der Waals surface area contributed by atoms with Gasteiger partial charge < -0.3 is 0 Å². The van der Waals surface area contributed by atoms with Gasteiger partial charge in [-0.1, -0.05) is 0 Å². The standard InChI is InChI=1S/2C10H13.2ClH.Zr/c2*1-7-5-9-4-3-8(2)10(9)6-7;;;/h2*3-4,7H,5-6H2,1-2H3;2*1H;. The van der Waals surface area contributed by atoms with E-state index in [9.17, 15) is 0 Å². The maximum atomic E-state index is 2.59. The Hall–Kier alpha value is 0.423. The van der Waals surface area contributed by atoms with Gasteiger partial charge in [-0.15, -0.1) is 24.8 Å². The van der Waals surface area contributed by atoms with Gasteiger partial charge in [0.2, 0.25) is 0 Å². The van der Waals surface area contributed by atoms with Crippen LogP contribution in [0.15, 0.2) is 46.6 Å². The van der Waals surface area contributed by atoms with Crippen molar-refractivity contribution < 1.29 is 23.2 Å². The molecule has 0 saturated carbocycles. The van der Waals surface area contributed by atoms with E-state index in [0.717, 1.165) is 11.8 Å². The summed E-state index contributed by atoms with van der Waals surface area (Å²) in [5, 5.41) is 0. The van der Waals surface area contributed by atoms with Crippen LogP contribution in [0.2, 0.25) is 6.25 Å². The first-order valence-corrected chi connectivity index (χ1v) is 11.0. The van der Waals surface area contributed by atoms with Crippen LogP contribution in [-0.4, -0.2) is 0 Å². The minimum Gasteiger partial charge on any atom is -0.147 e. The number of hydrogen-bond acceptors (Lipinski definition) is 0. The van der Waals surface area contributed by atoms with Crippen LogP contribution in [0.5, 0.6) is 0 Å². The van der Waals surface area contributed by atoms with Crippen molar-refractivity contribution in [2.75, 3.05) is 0 Å². The van der Waals surface area contributed by atoms with Crippen LogP contribution < -0.4 is 0 Å². The van der Waals surface area contributed by atoms with Gasteiger partial charge in [0.25, 0.3) is 0 Å². The summed E-state index contributed by atoms with van der Waals surface area (Å²) in [7, 11) is 0. The first-order chi connectivity index (χ1) is 9.90. The maximum Gasteiger partial charge on any atom is -0.147 e. The molecule has 0 aromatic rings. The van der Waals surface area contributed by atoms with Crippen molar-refractivity contribution in [3.63, 3.8) is 0 Å². The van der Waals surface area contributed by atoms with Gasteiger partial charge in [-0.05, 0) is 0 Å². The van der Waals surface area contributed by atoms with Crippen molar-refractivity contribution in [3.05, 3.63) is 46.6 Å². The summed E-state index contributed by atoms with van der Waals surface area (Å²) in [4.78, 5) is 0. The maximum absolute atomic E-state index is 2.59. The summed E-state index contributed by atoms with van der Waals surface area (Å²) in [6.45, 7) is 9.97. The Balaban J connectivity index is 0.000000960. The minimum absolute atomic E-state index is 0. The van der Waals surface area contributed by atoms with Gasteiger partial charge in [0, 0.05) is 0 Å². The zero-order valence-corrected chi connectivity index (χ0v) is 18.7. The van der Waals surface area contributed by atoms with E-state index < -0.39 is 23.2 Å². The second-order valence-electron chi connectivity index (χ2n) is 8.23. The predicted octanol–water partition coefficient (Wildman–Crippen LogP) is 6.86. The summed E-state index contributed by atoms with van der Waals surface area (Å²) >= 11 is -0.607. The van der Waals surface area contributed by atoms with Crippen LogP contribution >= 0.6 is 24.8 Å². The Labute approximate surface area is 165 Å². The third-order valence-electron chi connectivity index (χ3n) is 6.03. The van der Waals surface area contributed by atoms with Gasteiger partial charge >= 0.3 is 141 Å². The topological polar surface area (TPSA) is 0 Å². The second-order valence-corrected chi connectivity index (χ2v) is 14.0. The molecule has 126 valence electrons. The number of rotatable bonds is 2. The summed E-state index contributed by atoms with van der Waals surface area (Å²) in [5.41, 5.74) is 7.06. The van der Waals surface area contributed by atoms with E-state index in [1.807, 2.05) is 11.1 Å². The summed E-state index contributed by atoms with van der Waals surface area (Å²) in [5.74, 6) is 1.76. The van der Waals surface area contributed by atoms with E-state index in [2.05, 4.69) is 52.0 Å². The Bertz CT molecular complexity index is 574. The molecule has 4 rings (SSSR count). The molecule has 0 heterocycles. The molecule has 0 bridgehead atoms. The fraction of sp³-hybridized carbons (Fsp3) is 0.600. The van der Waals surface area contributed by atoms with Crippen molar-refractivity contribution in [1.82, 2.24) is 0 Å². The van der Waals surface area contributed by atoms with Gasteiger partial charge in [-0.3, -0.25) is 0 Å². The van der Waals surface area contributed by atoms with Crippen LogP contribution in [0.1, 0.15) is 53.4 Å². The van der Waals surface area contributed by atoms with E-state index in [1.54, 1.807) is 11.1 Å². The molecular formula is C20H28Cl2Zr. The molecule has 4 unspecified atom stereocenters. The Morgan fingerprint density at radius 1 is 0.783 bits per heavy atom. The molecule has 0 N–H and O–H groups in total. The Morgan fingerprint density at radius 3 is 1.57 bits per heavy atom. The molecule has 4 atom stereocenters. The van der Waals surface area contributed by atoms with Gasteiger partial charge in [0.1, 0.15) is 0 Å². The second kappa shape index (κ2) is 6.62. The van der Waals surface area contributed by atoms with E-state index in [0.29, 0.717) is 6.25 Å². The molecule has 0 amide bonds. The molecule has 0 radical (unpaired) electrons. The van der Waals surface area contributed by atoms with E-state index in [-0.39, 0.29) is 24.8 Å². The molecule has 0 aromatic carbocycles. The average molecular weight is 431 g/mol. The Kier molecular flexibility index (Phi) is 5.68. The third kappa shape index (κ3) is 3.16. The molecule has 0 fully saturated rings. The molecule has 0 nitrogen and oxygen atoms in total. The molecule has 0 spiro atoms. The van der Waals surface area contributed by atoms with Gasteiger partial charge in [-0.25, -0.2) is 0 Å². The van der Waals surface area contributed by atoms with Crippen LogP contribution in [0.3, 0.4) is 0 Å². The van der Waals surface area contributed by atoms with Gasteiger partial charge in [0.05, 0.1) is 0 Å². The first-order valence-electron chi connectivity index (χ1n) is 8.52. The van der Waals surface area contributed by atoms with E-state index in [4.69, 9.17) is 0 Å². The average Bonchev–Trinajstić information content (AvgIpc) is 3.09. The van der Waals surface area contributed by atoms with Crippen molar-refractivity contribution in [2.24, 2.45) is 11.8 Å². The normalized spacial score (nSPS) is 40.2. The monoisotopic (exact) mass is 428 g/mol. The molecule has 4 aliphatic rings. The zero-order chi connectivity index (χ0) is 14.8. The Morgan fingerprint density at radius 2 is 1.17 bits per heavy atom. The largest absolute Gasteiger partial charge is 0.147 e. The minimum atomic E-state index is -0.607. The van der Waals surface area contributed by atoms with Crippen LogP contribution in [0.4, 0.5) is 0 Å². The van der Waals surface area contributed by atoms with Gasteiger partial charge in [0.15, 0.2) is 0 Å². The molecule has 0 aliphatic heterocycles. The fourth-order valence-electron chi connectivity index (χ4n) is 5.04. The smallest absolute Gasteiger partial charge is 0.147 e. The van der Waals surface area contributed by atoms with Crippen molar-refractivity contribution in [3.8, 4) is 0 Å². The summed E-state index contributed by atoms with van der Waals surface area (Å²) < 4.78 is 0.938. The molecule has 3 heteroatoms. The third-order valence-corrected chi connectivity index (χ3v) is 10.9. The van der Waals surface area contributed by atoms with Crippen molar-refractivity contribution in [2.45, 2.75) is 59.6 Å². The number of halogens is 2. The number of allylic oxidation sites excluding steroid dienone is 8.